The minimum absolute atomic E-state index is 0.0314. The summed E-state index contributed by atoms with van der Waals surface area (Å²) < 4.78 is 18.3. The number of hydrogen-bond donors (Lipinski definition) is 3. The molecule has 4 aromatic carbocycles. The van der Waals surface area contributed by atoms with Crippen molar-refractivity contribution in [1.29, 1.82) is 0 Å². The molecule has 0 spiro atoms. The Labute approximate surface area is 304 Å². The molecule has 12 nitrogen and oxygen atoms in total. The Morgan fingerprint density at radius 1 is 0.904 bits per heavy atom. The van der Waals surface area contributed by atoms with Crippen LogP contribution in [0.25, 0.3) is 11.1 Å². The van der Waals surface area contributed by atoms with Crippen molar-refractivity contribution in [3.63, 3.8) is 0 Å². The Morgan fingerprint density at radius 3 is 2.44 bits per heavy atom. The van der Waals surface area contributed by atoms with Crippen molar-refractivity contribution in [2.24, 2.45) is 0 Å². The molecule has 0 bridgehead atoms. The molecule has 0 saturated carbocycles. The Balaban J connectivity index is 1.03. The van der Waals surface area contributed by atoms with Crippen LogP contribution in [0.15, 0.2) is 115 Å². The number of benzene rings is 4. The highest BCUT2D eigenvalue weighted by atomic mass is 32.2. The van der Waals surface area contributed by atoms with Crippen LogP contribution < -0.4 is 5.32 Å². The minimum atomic E-state index is -0.986. The van der Waals surface area contributed by atoms with E-state index in [1.54, 1.807) is 0 Å². The first-order valence-electron chi connectivity index (χ1n) is 16.9. The molecule has 3 amide bonds. The van der Waals surface area contributed by atoms with Crippen molar-refractivity contribution < 1.29 is 33.7 Å². The minimum Gasteiger partial charge on any atom is -0.445 e. The number of aliphatic hydroxyl groups is 1. The van der Waals surface area contributed by atoms with Crippen molar-refractivity contribution in [3.8, 4) is 11.1 Å². The number of carbonyl (C=O) groups is 3. The topological polar surface area (TPSA) is 156 Å². The first-order chi connectivity index (χ1) is 25.4. The number of imide groups is 1. The third kappa shape index (κ3) is 8.57. The molecule has 266 valence electrons. The first-order valence-corrected chi connectivity index (χ1v) is 17.9. The summed E-state index contributed by atoms with van der Waals surface area (Å²) in [6.07, 6.45) is 0.188. The van der Waals surface area contributed by atoms with E-state index in [1.807, 2.05) is 103 Å². The number of aromatic nitrogens is 3. The SMILES string of the molecule is O=C(NC1CC(=O)N(Cc2cccc(-c3cccc([C@@H]4O[C@H](CSc5ncn[nH]5)C[C@H](c5ccc(CO)cc5)O4)c3)c2)C1=O)OCc1ccccc1. The predicted octanol–water partition coefficient (Wildman–Crippen LogP) is 5.86. The molecule has 0 radical (unpaired) electrons. The lowest BCUT2D eigenvalue weighted by atomic mass is 9.99. The number of amides is 3. The van der Waals surface area contributed by atoms with Crippen molar-refractivity contribution in [3.05, 3.63) is 137 Å². The molecule has 1 unspecified atom stereocenters. The van der Waals surface area contributed by atoms with Crippen LogP contribution in [-0.4, -0.2) is 61.0 Å². The summed E-state index contributed by atoms with van der Waals surface area (Å²) in [7, 11) is 0. The number of rotatable bonds is 12. The van der Waals surface area contributed by atoms with Gasteiger partial charge < -0.3 is 24.6 Å². The Bertz CT molecular complexity index is 1990. The van der Waals surface area contributed by atoms with E-state index in [1.165, 1.54) is 23.0 Å². The van der Waals surface area contributed by atoms with Gasteiger partial charge in [-0.15, -0.1) is 0 Å². The molecule has 3 heterocycles. The lowest BCUT2D eigenvalue weighted by Gasteiger charge is -2.36. The maximum absolute atomic E-state index is 13.2. The quantitative estimate of drug-likeness (QED) is 0.106. The van der Waals surface area contributed by atoms with Gasteiger partial charge in [-0.2, -0.15) is 5.10 Å². The van der Waals surface area contributed by atoms with Gasteiger partial charge >= 0.3 is 6.09 Å². The van der Waals surface area contributed by atoms with Crippen molar-refractivity contribution in [2.75, 3.05) is 5.75 Å². The van der Waals surface area contributed by atoms with Crippen LogP contribution in [0, 0.1) is 0 Å². The molecule has 52 heavy (non-hydrogen) atoms. The Hall–Kier alpha value is -5.34. The van der Waals surface area contributed by atoms with Gasteiger partial charge in [-0.25, -0.2) is 9.78 Å². The van der Waals surface area contributed by atoms with Gasteiger partial charge in [-0.3, -0.25) is 19.6 Å². The summed E-state index contributed by atoms with van der Waals surface area (Å²) in [4.78, 5) is 43.9. The van der Waals surface area contributed by atoms with Gasteiger partial charge in [-0.1, -0.05) is 103 Å². The number of nitrogens with zero attached hydrogens (tertiary/aromatic N) is 3. The van der Waals surface area contributed by atoms with Gasteiger partial charge in [0.05, 0.1) is 31.8 Å². The average Bonchev–Trinajstić information content (AvgIpc) is 3.81. The van der Waals surface area contributed by atoms with E-state index in [2.05, 4.69) is 20.5 Å². The maximum atomic E-state index is 13.2. The standard InChI is InChI=1S/C39H37N5O7S/c45-21-25-12-14-28(15-13-25)34-18-32(23-52-38-40-24-41-43-38)50-37(51-34)31-11-5-10-30(17-31)29-9-4-8-27(16-29)20-44-35(46)19-33(36(44)47)42-39(48)49-22-26-6-2-1-3-7-26/h1-17,24,32-34,37,45H,18-23H2,(H,42,48)(H,40,41,43)/t32-,33?,34+,37+/m0/s1. The fourth-order valence-corrected chi connectivity index (χ4v) is 7.02. The molecule has 2 fully saturated rings. The third-order valence-corrected chi connectivity index (χ3v) is 9.93. The molecular formula is C39H37N5O7S. The van der Waals surface area contributed by atoms with Crippen LogP contribution in [0.2, 0.25) is 0 Å². The number of aliphatic hydroxyl groups excluding tert-OH is 1. The van der Waals surface area contributed by atoms with Gasteiger partial charge in [0, 0.05) is 17.7 Å². The number of ether oxygens (including phenoxy) is 3. The number of H-pyrrole nitrogens is 1. The summed E-state index contributed by atoms with van der Waals surface area (Å²) in [6.45, 7) is 0.0936. The van der Waals surface area contributed by atoms with Gasteiger partial charge in [0.25, 0.3) is 5.91 Å². The van der Waals surface area contributed by atoms with Crippen molar-refractivity contribution >= 4 is 29.7 Å². The molecular weight excluding hydrogens is 683 g/mol. The largest absolute Gasteiger partial charge is 0.445 e. The molecule has 5 aromatic rings. The zero-order valence-electron chi connectivity index (χ0n) is 28.1. The molecule has 13 heteroatoms. The van der Waals surface area contributed by atoms with Crippen LogP contribution in [0.1, 0.15) is 53.1 Å². The summed E-state index contributed by atoms with van der Waals surface area (Å²) in [5.41, 5.74) is 6.04. The van der Waals surface area contributed by atoms with Gasteiger partial charge in [0.2, 0.25) is 5.91 Å². The normalized spacial score (nSPS) is 20.2. The molecule has 2 aliphatic heterocycles. The zero-order chi connectivity index (χ0) is 35.9. The Morgan fingerprint density at radius 2 is 1.67 bits per heavy atom. The number of carbonyl (C=O) groups excluding carboxylic acids is 3. The number of alkyl carbamates (subject to hydrolysis) is 1. The summed E-state index contributed by atoms with van der Waals surface area (Å²) in [5, 5.41) is 19.6. The van der Waals surface area contributed by atoms with E-state index in [0.717, 1.165) is 38.9 Å². The fourth-order valence-electron chi connectivity index (χ4n) is 6.22. The van der Waals surface area contributed by atoms with Crippen molar-refractivity contribution in [2.45, 2.75) is 62.3 Å². The van der Waals surface area contributed by atoms with E-state index in [9.17, 15) is 19.5 Å². The van der Waals surface area contributed by atoms with E-state index >= 15 is 0 Å². The second-order valence-corrected chi connectivity index (χ2v) is 13.6. The fraction of sp³-hybridized carbons (Fsp3) is 0.256. The summed E-state index contributed by atoms with van der Waals surface area (Å²) in [5.74, 6) is -0.201. The monoisotopic (exact) mass is 719 g/mol. The van der Waals surface area contributed by atoms with Crippen LogP contribution in [0.4, 0.5) is 4.79 Å². The highest BCUT2D eigenvalue weighted by Gasteiger charge is 2.40. The van der Waals surface area contributed by atoms with Gasteiger partial charge in [0.1, 0.15) is 19.0 Å². The summed E-state index contributed by atoms with van der Waals surface area (Å²) in [6, 6.07) is 31.6. The first kappa shape index (κ1) is 35.1. The second kappa shape index (κ2) is 16.3. The van der Waals surface area contributed by atoms with Crippen LogP contribution in [-0.2, 0) is 43.6 Å². The maximum Gasteiger partial charge on any atom is 0.408 e. The van der Waals surface area contributed by atoms with Crippen LogP contribution in [0.3, 0.4) is 0 Å². The molecule has 2 aliphatic rings. The summed E-state index contributed by atoms with van der Waals surface area (Å²) >= 11 is 1.53. The highest BCUT2D eigenvalue weighted by Crippen LogP contribution is 2.40. The molecule has 0 aliphatic carbocycles. The molecule has 1 aromatic heterocycles. The second-order valence-electron chi connectivity index (χ2n) is 12.6. The van der Waals surface area contributed by atoms with Gasteiger partial charge in [-0.05, 0) is 45.5 Å². The lowest BCUT2D eigenvalue weighted by molar-refractivity contribution is -0.245. The molecule has 7 rings (SSSR count). The van der Waals surface area contributed by atoms with E-state index in [0.29, 0.717) is 17.3 Å². The molecule has 3 N–H and O–H groups in total. The van der Waals surface area contributed by atoms with E-state index in [4.69, 9.17) is 14.2 Å². The number of nitrogens with one attached hydrogen (secondary N) is 2. The lowest BCUT2D eigenvalue weighted by Crippen LogP contribution is -2.41. The number of aromatic amines is 1. The van der Waals surface area contributed by atoms with E-state index in [-0.39, 0.29) is 44.3 Å². The molecule has 2 saturated heterocycles. The number of thioether (sulfide) groups is 1. The zero-order valence-corrected chi connectivity index (χ0v) is 28.9. The average molecular weight is 720 g/mol. The predicted molar refractivity (Wildman–Crippen MR) is 191 cm³/mol. The van der Waals surface area contributed by atoms with Crippen LogP contribution in [0.5, 0.6) is 0 Å². The number of hydrogen-bond acceptors (Lipinski definition) is 10. The smallest absolute Gasteiger partial charge is 0.408 e. The molecule has 4 atom stereocenters. The highest BCUT2D eigenvalue weighted by molar-refractivity contribution is 7.99. The van der Waals surface area contributed by atoms with Crippen molar-refractivity contribution in [1.82, 2.24) is 25.4 Å². The third-order valence-electron chi connectivity index (χ3n) is 8.92. The Kier molecular flexibility index (Phi) is 11.0. The van der Waals surface area contributed by atoms with Crippen LogP contribution >= 0.6 is 11.8 Å². The number of likely N-dealkylation sites (tertiary alicyclic amines) is 1. The van der Waals surface area contributed by atoms with Gasteiger partial charge in [0.15, 0.2) is 11.4 Å². The van der Waals surface area contributed by atoms with E-state index < -0.39 is 24.3 Å².